The van der Waals surface area contributed by atoms with E-state index in [4.69, 9.17) is 0 Å². The minimum absolute atomic E-state index is 0.190. The van der Waals surface area contributed by atoms with Crippen LogP contribution in [0.2, 0.25) is 0 Å². The third-order valence-electron chi connectivity index (χ3n) is 1.77. The molecule has 0 atom stereocenters. The van der Waals surface area contributed by atoms with Gasteiger partial charge in [0.2, 0.25) is 0 Å². The summed E-state index contributed by atoms with van der Waals surface area (Å²) in [5.74, 6) is 0.313. The SMILES string of the molecule is C/C=C(/C)CC(=O)C(C)(C)C. The topological polar surface area (TPSA) is 17.1 Å². The van der Waals surface area contributed by atoms with Crippen LogP contribution in [0.4, 0.5) is 0 Å². The molecule has 0 bridgehead atoms. The zero-order valence-electron chi connectivity index (χ0n) is 8.19. The Hall–Kier alpha value is -0.590. The highest BCUT2D eigenvalue weighted by molar-refractivity contribution is 5.85. The average Bonchev–Trinajstić information content (AvgIpc) is 1.85. The van der Waals surface area contributed by atoms with Gasteiger partial charge in [-0.3, -0.25) is 4.79 Å². The second-order valence-corrected chi connectivity index (χ2v) is 3.98. The third-order valence-corrected chi connectivity index (χ3v) is 1.77. The molecule has 0 aliphatic heterocycles. The molecule has 0 aliphatic rings. The molecule has 0 aliphatic carbocycles. The fourth-order valence-corrected chi connectivity index (χ4v) is 0.620. The van der Waals surface area contributed by atoms with Crippen LogP contribution >= 0.6 is 0 Å². The molecule has 0 aromatic rings. The van der Waals surface area contributed by atoms with Crippen LogP contribution in [0.3, 0.4) is 0 Å². The lowest BCUT2D eigenvalue weighted by atomic mass is 9.87. The molecule has 0 spiro atoms. The van der Waals surface area contributed by atoms with Crippen LogP contribution in [0.5, 0.6) is 0 Å². The maximum Gasteiger partial charge on any atom is 0.142 e. The summed E-state index contributed by atoms with van der Waals surface area (Å²) in [6.07, 6.45) is 2.59. The van der Waals surface area contributed by atoms with Crippen LogP contribution in [0.25, 0.3) is 0 Å². The van der Waals surface area contributed by atoms with Crippen molar-refractivity contribution in [1.82, 2.24) is 0 Å². The standard InChI is InChI=1S/C10H18O/c1-6-8(2)7-9(11)10(3,4)5/h6H,7H2,1-5H3/b8-6-. The molecule has 0 unspecified atom stereocenters. The largest absolute Gasteiger partial charge is 0.299 e. The minimum Gasteiger partial charge on any atom is -0.299 e. The van der Waals surface area contributed by atoms with E-state index in [9.17, 15) is 4.79 Å². The van der Waals surface area contributed by atoms with Crippen LogP contribution in [0.1, 0.15) is 41.0 Å². The summed E-state index contributed by atoms with van der Waals surface area (Å²) in [5.41, 5.74) is 0.967. The van der Waals surface area contributed by atoms with Gasteiger partial charge in [-0.05, 0) is 13.8 Å². The smallest absolute Gasteiger partial charge is 0.142 e. The van der Waals surface area contributed by atoms with E-state index in [1.54, 1.807) is 0 Å². The van der Waals surface area contributed by atoms with Crippen molar-refractivity contribution < 1.29 is 4.79 Å². The lowest BCUT2D eigenvalue weighted by molar-refractivity contribution is -0.125. The van der Waals surface area contributed by atoms with Crippen molar-refractivity contribution in [3.05, 3.63) is 11.6 Å². The van der Waals surface area contributed by atoms with Gasteiger partial charge in [0.25, 0.3) is 0 Å². The van der Waals surface area contributed by atoms with Crippen LogP contribution in [-0.2, 0) is 4.79 Å². The van der Waals surface area contributed by atoms with Crippen LogP contribution in [0.15, 0.2) is 11.6 Å². The molecule has 0 aromatic heterocycles. The van der Waals surface area contributed by atoms with E-state index < -0.39 is 0 Å². The van der Waals surface area contributed by atoms with Crippen molar-refractivity contribution in [2.24, 2.45) is 5.41 Å². The first-order valence-corrected chi connectivity index (χ1v) is 4.03. The summed E-state index contributed by atoms with van der Waals surface area (Å²) in [6.45, 7) is 9.82. The van der Waals surface area contributed by atoms with Crippen molar-refractivity contribution in [2.45, 2.75) is 41.0 Å². The Bertz CT molecular complexity index is 170. The molecule has 0 rings (SSSR count). The zero-order chi connectivity index (χ0) is 9.07. The predicted octanol–water partition coefficient (Wildman–Crippen LogP) is 2.96. The molecule has 1 nitrogen and oxygen atoms in total. The number of hydrogen-bond donors (Lipinski definition) is 0. The molecule has 0 saturated heterocycles. The second kappa shape index (κ2) is 3.70. The lowest BCUT2D eigenvalue weighted by Crippen LogP contribution is -2.19. The lowest BCUT2D eigenvalue weighted by Gasteiger charge is -2.16. The van der Waals surface area contributed by atoms with Crippen LogP contribution in [-0.4, -0.2) is 5.78 Å². The van der Waals surface area contributed by atoms with E-state index in [0.29, 0.717) is 12.2 Å². The number of carbonyl (C=O) groups excluding carboxylic acids is 1. The highest BCUT2D eigenvalue weighted by atomic mass is 16.1. The number of allylic oxidation sites excluding steroid dienone is 2. The Morgan fingerprint density at radius 3 is 2.09 bits per heavy atom. The molecule has 0 aromatic carbocycles. The van der Waals surface area contributed by atoms with E-state index in [1.165, 1.54) is 0 Å². The van der Waals surface area contributed by atoms with Gasteiger partial charge in [-0.2, -0.15) is 0 Å². The van der Waals surface area contributed by atoms with E-state index >= 15 is 0 Å². The van der Waals surface area contributed by atoms with Crippen molar-refractivity contribution >= 4 is 5.78 Å². The van der Waals surface area contributed by atoms with E-state index in [1.807, 2.05) is 40.7 Å². The molecule has 64 valence electrons. The molecule has 0 N–H and O–H groups in total. The number of rotatable bonds is 2. The fraction of sp³-hybridized carbons (Fsp3) is 0.700. The van der Waals surface area contributed by atoms with Crippen molar-refractivity contribution in [2.75, 3.05) is 0 Å². The summed E-state index contributed by atoms with van der Waals surface area (Å²) in [4.78, 5) is 11.4. The van der Waals surface area contributed by atoms with Gasteiger partial charge >= 0.3 is 0 Å². The first kappa shape index (κ1) is 10.4. The molecule has 0 heterocycles. The molecular formula is C10H18O. The second-order valence-electron chi connectivity index (χ2n) is 3.98. The van der Waals surface area contributed by atoms with E-state index in [2.05, 4.69) is 0 Å². The zero-order valence-corrected chi connectivity index (χ0v) is 8.19. The fourth-order valence-electron chi connectivity index (χ4n) is 0.620. The van der Waals surface area contributed by atoms with Gasteiger partial charge in [-0.15, -0.1) is 0 Å². The predicted molar refractivity (Wildman–Crippen MR) is 48.5 cm³/mol. The highest BCUT2D eigenvalue weighted by Gasteiger charge is 2.20. The first-order valence-electron chi connectivity index (χ1n) is 4.03. The Morgan fingerprint density at radius 2 is 1.82 bits per heavy atom. The summed E-state index contributed by atoms with van der Waals surface area (Å²) >= 11 is 0. The Labute approximate surface area is 69.5 Å². The molecule has 0 saturated carbocycles. The number of hydrogen-bond acceptors (Lipinski definition) is 1. The van der Waals surface area contributed by atoms with Gasteiger partial charge in [-0.25, -0.2) is 0 Å². The first-order chi connectivity index (χ1) is 4.88. The maximum atomic E-state index is 11.4. The van der Waals surface area contributed by atoms with Gasteiger partial charge in [0.05, 0.1) is 0 Å². The van der Waals surface area contributed by atoms with Gasteiger partial charge in [0.1, 0.15) is 5.78 Å². The van der Waals surface area contributed by atoms with Crippen LogP contribution in [0, 0.1) is 5.41 Å². The minimum atomic E-state index is -0.190. The Balaban J connectivity index is 4.10. The summed E-state index contributed by atoms with van der Waals surface area (Å²) in [7, 11) is 0. The van der Waals surface area contributed by atoms with Gasteiger partial charge in [0.15, 0.2) is 0 Å². The summed E-state index contributed by atoms with van der Waals surface area (Å²) in [6, 6.07) is 0. The van der Waals surface area contributed by atoms with Crippen LogP contribution < -0.4 is 0 Å². The number of ketones is 1. The van der Waals surface area contributed by atoms with Gasteiger partial charge in [-0.1, -0.05) is 32.4 Å². The van der Waals surface area contributed by atoms with E-state index in [-0.39, 0.29) is 5.41 Å². The van der Waals surface area contributed by atoms with Gasteiger partial charge in [0, 0.05) is 11.8 Å². The number of Topliss-reactive ketones (excluding diaryl/α,β-unsaturated/α-hetero) is 1. The molecule has 11 heavy (non-hydrogen) atoms. The number of carbonyl (C=O) groups is 1. The average molecular weight is 154 g/mol. The molecule has 1 heteroatoms. The Morgan fingerprint density at radius 1 is 1.36 bits per heavy atom. The molecular weight excluding hydrogens is 136 g/mol. The van der Waals surface area contributed by atoms with Gasteiger partial charge < -0.3 is 0 Å². The molecule has 0 amide bonds. The summed E-state index contributed by atoms with van der Waals surface area (Å²) in [5, 5.41) is 0. The third kappa shape index (κ3) is 3.97. The normalized spacial score (nSPS) is 13.4. The quantitative estimate of drug-likeness (QED) is 0.559. The Kier molecular flexibility index (Phi) is 3.50. The monoisotopic (exact) mass is 154 g/mol. The molecule has 0 fully saturated rings. The highest BCUT2D eigenvalue weighted by Crippen LogP contribution is 2.19. The van der Waals surface area contributed by atoms with Crippen molar-refractivity contribution in [3.63, 3.8) is 0 Å². The summed E-state index contributed by atoms with van der Waals surface area (Å²) < 4.78 is 0. The molecule has 0 radical (unpaired) electrons. The van der Waals surface area contributed by atoms with E-state index in [0.717, 1.165) is 5.57 Å². The van der Waals surface area contributed by atoms with Crippen molar-refractivity contribution in [3.8, 4) is 0 Å². The van der Waals surface area contributed by atoms with Crippen molar-refractivity contribution in [1.29, 1.82) is 0 Å². The maximum absolute atomic E-state index is 11.4.